The molecule has 2 atom stereocenters. The Morgan fingerprint density at radius 1 is 1.54 bits per heavy atom. The third-order valence-corrected chi connectivity index (χ3v) is 2.35. The van der Waals surface area contributed by atoms with Gasteiger partial charge in [-0.3, -0.25) is 4.79 Å². The Bertz CT molecular complexity index is 361. The molecule has 4 nitrogen and oxygen atoms in total. The predicted octanol–water partition coefficient (Wildman–Crippen LogP) is 0.557. The number of nitriles is 2. The lowest BCUT2D eigenvalue weighted by Gasteiger charge is -2.23. The molecule has 0 saturated heterocycles. The van der Waals surface area contributed by atoms with Gasteiger partial charge in [0, 0.05) is 5.92 Å². The molecule has 0 saturated carbocycles. The number of nitrogens with zero attached hydrogens (tertiary/aromatic N) is 2. The van der Waals surface area contributed by atoms with Crippen LogP contribution in [0.5, 0.6) is 0 Å². The van der Waals surface area contributed by atoms with Crippen molar-refractivity contribution in [3.8, 4) is 12.1 Å². The van der Waals surface area contributed by atoms with Gasteiger partial charge >= 0.3 is 0 Å². The van der Waals surface area contributed by atoms with E-state index < -0.39 is 5.92 Å². The molecule has 1 amide bonds. The van der Waals surface area contributed by atoms with Gasteiger partial charge in [-0.2, -0.15) is 10.5 Å². The van der Waals surface area contributed by atoms with Crippen LogP contribution >= 0.6 is 12.6 Å². The van der Waals surface area contributed by atoms with Crippen molar-refractivity contribution in [3.63, 3.8) is 0 Å². The van der Waals surface area contributed by atoms with Crippen LogP contribution in [0.3, 0.4) is 0 Å². The minimum atomic E-state index is -0.787. The average molecular weight is 193 g/mol. The standard InChI is InChI=1S/C8H7N3OS/c1-4-5(2-9)7(12)11-8(13)6(4)3-10/h4-5,13H,1H3,(H,11,12)/t4-,5-/m1/s1. The number of nitrogens with one attached hydrogen (secondary N) is 1. The van der Waals surface area contributed by atoms with E-state index in [1.807, 2.05) is 12.1 Å². The second-order valence-corrected chi connectivity index (χ2v) is 3.21. The van der Waals surface area contributed by atoms with Crippen molar-refractivity contribution in [1.82, 2.24) is 5.32 Å². The Morgan fingerprint density at radius 2 is 2.15 bits per heavy atom. The van der Waals surface area contributed by atoms with Crippen molar-refractivity contribution in [1.29, 1.82) is 10.5 Å². The van der Waals surface area contributed by atoms with Crippen molar-refractivity contribution in [2.24, 2.45) is 11.8 Å². The fourth-order valence-corrected chi connectivity index (χ4v) is 1.56. The van der Waals surface area contributed by atoms with E-state index in [-0.39, 0.29) is 16.9 Å². The summed E-state index contributed by atoms with van der Waals surface area (Å²) in [6, 6.07) is 3.78. The van der Waals surface area contributed by atoms with E-state index >= 15 is 0 Å². The maximum atomic E-state index is 11.2. The molecule has 1 aliphatic heterocycles. The SMILES string of the molecule is C[C@H]1C(C#N)=C(S)NC(=O)[C@@H]1C#N. The summed E-state index contributed by atoms with van der Waals surface area (Å²) in [4.78, 5) is 11.2. The van der Waals surface area contributed by atoms with Crippen molar-refractivity contribution >= 4 is 18.5 Å². The highest BCUT2D eigenvalue weighted by molar-refractivity contribution is 7.84. The maximum Gasteiger partial charge on any atom is 0.242 e. The van der Waals surface area contributed by atoms with Crippen molar-refractivity contribution in [2.75, 3.05) is 0 Å². The monoisotopic (exact) mass is 193 g/mol. The van der Waals surface area contributed by atoms with E-state index in [9.17, 15) is 4.79 Å². The van der Waals surface area contributed by atoms with Crippen LogP contribution in [0.1, 0.15) is 6.92 Å². The summed E-state index contributed by atoms with van der Waals surface area (Å²) in [5.74, 6) is -1.55. The van der Waals surface area contributed by atoms with Crippen molar-refractivity contribution < 1.29 is 4.79 Å². The topological polar surface area (TPSA) is 76.7 Å². The van der Waals surface area contributed by atoms with Gasteiger partial charge in [0.1, 0.15) is 5.92 Å². The van der Waals surface area contributed by atoms with Gasteiger partial charge < -0.3 is 5.32 Å². The van der Waals surface area contributed by atoms with Gasteiger partial charge in [0.15, 0.2) is 0 Å². The summed E-state index contributed by atoms with van der Waals surface area (Å²) in [6.45, 7) is 1.67. The van der Waals surface area contributed by atoms with Gasteiger partial charge in [0.2, 0.25) is 5.91 Å². The van der Waals surface area contributed by atoms with Gasteiger partial charge in [-0.25, -0.2) is 0 Å². The first-order chi connectivity index (χ1) is 6.11. The Hall–Kier alpha value is -1.46. The second-order valence-electron chi connectivity index (χ2n) is 2.76. The lowest BCUT2D eigenvalue weighted by molar-refractivity contribution is -0.123. The highest BCUT2D eigenvalue weighted by Gasteiger charge is 2.33. The van der Waals surface area contributed by atoms with Gasteiger partial charge in [-0.05, 0) is 0 Å². The zero-order chi connectivity index (χ0) is 10.0. The molecule has 1 aliphatic rings. The minimum absolute atomic E-state index is 0.256. The van der Waals surface area contributed by atoms with Crippen LogP contribution in [0, 0.1) is 34.5 Å². The zero-order valence-corrected chi connectivity index (χ0v) is 7.80. The Morgan fingerprint density at radius 3 is 2.62 bits per heavy atom. The van der Waals surface area contributed by atoms with E-state index in [2.05, 4.69) is 17.9 Å². The number of allylic oxidation sites excluding steroid dienone is 1. The summed E-state index contributed by atoms with van der Waals surface area (Å²) in [5.41, 5.74) is 0.356. The average Bonchev–Trinajstić information content (AvgIpc) is 2.04. The van der Waals surface area contributed by atoms with Crippen LogP contribution in [0.4, 0.5) is 0 Å². The second kappa shape index (κ2) is 3.51. The number of amides is 1. The fourth-order valence-electron chi connectivity index (χ4n) is 1.20. The molecule has 1 heterocycles. The lowest BCUT2D eigenvalue weighted by Crippen LogP contribution is -2.38. The number of carbonyl (C=O) groups is 1. The van der Waals surface area contributed by atoms with Crippen LogP contribution in [-0.2, 0) is 4.79 Å². The molecule has 0 fully saturated rings. The molecule has 0 unspecified atom stereocenters. The van der Waals surface area contributed by atoms with Gasteiger partial charge in [-0.1, -0.05) is 6.92 Å². The van der Waals surface area contributed by atoms with Crippen LogP contribution < -0.4 is 5.32 Å². The van der Waals surface area contributed by atoms with Crippen molar-refractivity contribution in [3.05, 3.63) is 10.6 Å². The zero-order valence-electron chi connectivity index (χ0n) is 6.90. The van der Waals surface area contributed by atoms with Gasteiger partial charge in [0.25, 0.3) is 0 Å². The molecule has 0 aromatic rings. The Kier molecular flexibility index (Phi) is 2.60. The molecular formula is C8H7N3OS. The van der Waals surface area contributed by atoms with Crippen LogP contribution in [0.15, 0.2) is 10.6 Å². The summed E-state index contributed by atoms with van der Waals surface area (Å²) < 4.78 is 0. The Labute approximate surface area is 81.3 Å². The van der Waals surface area contributed by atoms with E-state index in [4.69, 9.17) is 10.5 Å². The third-order valence-electron chi connectivity index (χ3n) is 1.99. The Balaban J connectivity index is 3.13. The number of hydrogen-bond donors (Lipinski definition) is 2. The van der Waals surface area contributed by atoms with Crippen LogP contribution in [0.25, 0.3) is 0 Å². The van der Waals surface area contributed by atoms with Crippen LogP contribution in [0.2, 0.25) is 0 Å². The number of rotatable bonds is 0. The summed E-state index contributed by atoms with van der Waals surface area (Å²) >= 11 is 3.95. The van der Waals surface area contributed by atoms with Crippen LogP contribution in [-0.4, -0.2) is 5.91 Å². The quantitative estimate of drug-likeness (QED) is 0.552. The molecule has 0 aliphatic carbocycles. The van der Waals surface area contributed by atoms with Gasteiger partial charge in [0.05, 0.1) is 22.7 Å². The first-order valence-electron chi connectivity index (χ1n) is 3.65. The molecule has 0 aromatic carbocycles. The smallest absolute Gasteiger partial charge is 0.242 e. The van der Waals surface area contributed by atoms with Gasteiger partial charge in [-0.15, -0.1) is 12.6 Å². The summed E-state index contributed by atoms with van der Waals surface area (Å²) in [7, 11) is 0. The minimum Gasteiger partial charge on any atom is -0.319 e. The van der Waals surface area contributed by atoms with E-state index in [0.717, 1.165) is 0 Å². The third kappa shape index (κ3) is 1.51. The predicted molar refractivity (Wildman–Crippen MR) is 48.0 cm³/mol. The highest BCUT2D eigenvalue weighted by atomic mass is 32.1. The molecule has 5 heteroatoms. The fraction of sp³-hybridized carbons (Fsp3) is 0.375. The summed E-state index contributed by atoms with van der Waals surface area (Å²) in [5, 5.41) is 20.0. The number of thiol groups is 1. The molecule has 0 bridgehead atoms. The first-order valence-corrected chi connectivity index (χ1v) is 4.10. The molecule has 0 aromatic heterocycles. The lowest BCUT2D eigenvalue weighted by atomic mass is 9.86. The molecule has 1 rings (SSSR count). The molecular weight excluding hydrogens is 186 g/mol. The summed E-state index contributed by atoms with van der Waals surface area (Å²) in [6.07, 6.45) is 0. The van der Waals surface area contributed by atoms with Crippen molar-refractivity contribution in [2.45, 2.75) is 6.92 Å². The molecule has 13 heavy (non-hydrogen) atoms. The normalized spacial score (nSPS) is 27.5. The van der Waals surface area contributed by atoms with E-state index in [0.29, 0.717) is 5.57 Å². The highest BCUT2D eigenvalue weighted by Crippen LogP contribution is 2.27. The number of carbonyl (C=O) groups excluding carboxylic acids is 1. The maximum absolute atomic E-state index is 11.2. The molecule has 66 valence electrons. The first kappa shape index (κ1) is 9.63. The molecule has 1 N–H and O–H groups in total. The largest absolute Gasteiger partial charge is 0.319 e. The van der Waals surface area contributed by atoms with E-state index in [1.165, 1.54) is 0 Å². The molecule has 0 radical (unpaired) electrons. The number of hydrogen-bond acceptors (Lipinski definition) is 4. The van der Waals surface area contributed by atoms with E-state index in [1.54, 1.807) is 6.92 Å². The molecule has 0 spiro atoms.